The molecule has 1 atom stereocenters. The van der Waals surface area contributed by atoms with E-state index in [1.807, 2.05) is 6.92 Å². The van der Waals surface area contributed by atoms with Crippen molar-refractivity contribution in [1.82, 2.24) is 9.55 Å². The fourth-order valence-corrected chi connectivity index (χ4v) is 2.05. The van der Waals surface area contributed by atoms with Crippen molar-refractivity contribution in [2.24, 2.45) is 5.73 Å². The van der Waals surface area contributed by atoms with Crippen molar-refractivity contribution in [2.45, 2.75) is 26.8 Å². The van der Waals surface area contributed by atoms with Crippen LogP contribution in [0.3, 0.4) is 0 Å². The Bertz CT molecular complexity index is 643. The maximum Gasteiger partial charge on any atom is 0.240 e. The van der Waals surface area contributed by atoms with Gasteiger partial charge in [-0.15, -0.1) is 0 Å². The lowest BCUT2D eigenvalue weighted by Gasteiger charge is -2.12. The number of carbonyl (C=O) groups excluding carboxylic acids is 2. The van der Waals surface area contributed by atoms with Gasteiger partial charge in [-0.1, -0.05) is 0 Å². The molecule has 1 unspecified atom stereocenters. The van der Waals surface area contributed by atoms with Gasteiger partial charge in [-0.2, -0.15) is 0 Å². The predicted molar refractivity (Wildman–Crippen MR) is 68.4 cm³/mol. The third kappa shape index (κ3) is 1.88. The molecule has 2 rings (SSSR count). The molecule has 0 bridgehead atoms. The Morgan fingerprint density at radius 2 is 2.06 bits per heavy atom. The predicted octanol–water partition coefficient (Wildman–Crippen LogP) is 1.59. The zero-order valence-corrected chi connectivity index (χ0v) is 10.6. The minimum atomic E-state index is -0.460. The Hall–Kier alpha value is -2.17. The number of amides is 1. The van der Waals surface area contributed by atoms with E-state index in [9.17, 15) is 9.59 Å². The molecule has 2 aromatic rings. The quantitative estimate of drug-likeness (QED) is 0.834. The molecule has 0 aliphatic heterocycles. The van der Waals surface area contributed by atoms with Gasteiger partial charge in [0.15, 0.2) is 5.78 Å². The normalized spacial score (nSPS) is 12.6. The van der Waals surface area contributed by atoms with Crippen LogP contribution in [0.5, 0.6) is 0 Å². The van der Waals surface area contributed by atoms with Crippen molar-refractivity contribution >= 4 is 22.7 Å². The summed E-state index contributed by atoms with van der Waals surface area (Å²) in [6, 6.07) is 4.80. The number of hydrogen-bond acceptors (Lipinski definition) is 3. The molecular formula is C13H15N3O2. The molecule has 0 spiro atoms. The summed E-state index contributed by atoms with van der Waals surface area (Å²) >= 11 is 0. The Morgan fingerprint density at radius 1 is 1.39 bits per heavy atom. The second-order valence-corrected chi connectivity index (χ2v) is 4.37. The number of carbonyl (C=O) groups is 2. The molecule has 0 aliphatic rings. The van der Waals surface area contributed by atoms with Crippen molar-refractivity contribution in [3.8, 4) is 0 Å². The second-order valence-electron chi connectivity index (χ2n) is 4.37. The largest absolute Gasteiger partial charge is 0.368 e. The van der Waals surface area contributed by atoms with Crippen molar-refractivity contribution < 1.29 is 9.59 Å². The lowest BCUT2D eigenvalue weighted by atomic mass is 10.1. The second kappa shape index (κ2) is 4.25. The van der Waals surface area contributed by atoms with Gasteiger partial charge < -0.3 is 10.3 Å². The number of nitrogens with zero attached hydrogens (tertiary/aromatic N) is 2. The highest BCUT2D eigenvalue weighted by atomic mass is 16.1. The third-order valence-electron chi connectivity index (χ3n) is 3.07. The monoisotopic (exact) mass is 245 g/mol. The third-order valence-corrected chi connectivity index (χ3v) is 3.07. The van der Waals surface area contributed by atoms with E-state index in [4.69, 9.17) is 5.73 Å². The number of imidazole rings is 1. The molecule has 1 aromatic carbocycles. The molecule has 94 valence electrons. The van der Waals surface area contributed by atoms with Gasteiger partial charge in [0.05, 0.1) is 11.0 Å². The summed E-state index contributed by atoms with van der Waals surface area (Å²) in [6.45, 7) is 5.05. The maximum atomic E-state index is 11.3. The summed E-state index contributed by atoms with van der Waals surface area (Å²) in [6.07, 6.45) is 0. The van der Waals surface area contributed by atoms with Crippen LogP contribution in [0.2, 0.25) is 0 Å². The summed E-state index contributed by atoms with van der Waals surface area (Å²) < 4.78 is 1.78. The minimum Gasteiger partial charge on any atom is -0.368 e. The first-order valence-electron chi connectivity index (χ1n) is 5.70. The molecule has 18 heavy (non-hydrogen) atoms. The maximum absolute atomic E-state index is 11.3. The topological polar surface area (TPSA) is 78.0 Å². The number of Topliss-reactive ketones (excluding diaryl/α,β-unsaturated/α-hetero) is 1. The molecule has 0 fully saturated rings. The number of aromatic nitrogens is 2. The molecule has 0 aliphatic carbocycles. The lowest BCUT2D eigenvalue weighted by Crippen LogP contribution is -2.24. The van der Waals surface area contributed by atoms with Crippen LogP contribution >= 0.6 is 0 Å². The number of fused-ring (bicyclic) bond motifs is 1. The molecule has 2 N–H and O–H groups in total. The van der Waals surface area contributed by atoms with E-state index in [1.54, 1.807) is 29.7 Å². The van der Waals surface area contributed by atoms with E-state index >= 15 is 0 Å². The molecule has 0 radical (unpaired) electrons. The zero-order valence-electron chi connectivity index (χ0n) is 10.6. The molecule has 5 heteroatoms. The van der Waals surface area contributed by atoms with E-state index in [1.165, 1.54) is 6.92 Å². The van der Waals surface area contributed by atoms with Gasteiger partial charge in [0.25, 0.3) is 0 Å². The van der Waals surface area contributed by atoms with Gasteiger partial charge in [-0.05, 0) is 39.0 Å². The van der Waals surface area contributed by atoms with Gasteiger partial charge >= 0.3 is 0 Å². The van der Waals surface area contributed by atoms with Crippen LogP contribution in [0.1, 0.15) is 36.1 Å². The summed E-state index contributed by atoms with van der Waals surface area (Å²) in [5.74, 6) is 0.289. The summed E-state index contributed by atoms with van der Waals surface area (Å²) in [4.78, 5) is 27.0. The molecule has 1 amide bonds. The van der Waals surface area contributed by atoms with Crippen LogP contribution in [-0.2, 0) is 4.79 Å². The minimum absolute atomic E-state index is 0.00736. The summed E-state index contributed by atoms with van der Waals surface area (Å²) in [7, 11) is 0. The van der Waals surface area contributed by atoms with E-state index in [-0.39, 0.29) is 5.78 Å². The Labute approximate surface area is 105 Å². The number of nitrogens with two attached hydrogens (primary N) is 1. The molecule has 5 nitrogen and oxygen atoms in total. The van der Waals surface area contributed by atoms with Crippen LogP contribution in [0, 0.1) is 6.92 Å². The first-order chi connectivity index (χ1) is 8.41. The number of hydrogen-bond donors (Lipinski definition) is 1. The van der Waals surface area contributed by atoms with Gasteiger partial charge in [0.1, 0.15) is 11.9 Å². The standard InChI is InChI=1S/C13H15N3O2/c1-7(13(14)18)16-9(3)15-11-6-10(8(2)17)4-5-12(11)16/h4-7H,1-3H3,(H2,14,18). The average molecular weight is 245 g/mol. The van der Waals surface area contributed by atoms with E-state index in [2.05, 4.69) is 4.98 Å². The number of rotatable bonds is 3. The fourth-order valence-electron chi connectivity index (χ4n) is 2.05. The van der Waals surface area contributed by atoms with Crippen LogP contribution < -0.4 is 5.73 Å². The smallest absolute Gasteiger partial charge is 0.240 e. The first kappa shape index (κ1) is 12.3. The lowest BCUT2D eigenvalue weighted by molar-refractivity contribution is -0.120. The molecule has 0 saturated heterocycles. The fraction of sp³-hybridized carbons (Fsp3) is 0.308. The summed E-state index contributed by atoms with van der Waals surface area (Å²) in [5, 5.41) is 0. The van der Waals surface area contributed by atoms with Crippen LogP contribution in [-0.4, -0.2) is 21.2 Å². The van der Waals surface area contributed by atoms with Gasteiger partial charge in [-0.25, -0.2) is 4.98 Å². The Balaban J connectivity index is 2.66. The van der Waals surface area contributed by atoms with Crippen molar-refractivity contribution in [2.75, 3.05) is 0 Å². The number of primary amides is 1. The van der Waals surface area contributed by atoms with E-state index in [0.29, 0.717) is 16.9 Å². The Morgan fingerprint density at radius 3 is 2.61 bits per heavy atom. The first-order valence-corrected chi connectivity index (χ1v) is 5.70. The average Bonchev–Trinajstić information content (AvgIpc) is 2.62. The summed E-state index contributed by atoms with van der Waals surface area (Å²) in [5.41, 5.74) is 7.44. The highest BCUT2D eigenvalue weighted by Crippen LogP contribution is 2.22. The van der Waals surface area contributed by atoms with Gasteiger partial charge in [-0.3, -0.25) is 9.59 Å². The molecule has 1 aromatic heterocycles. The highest BCUT2D eigenvalue weighted by Gasteiger charge is 2.17. The van der Waals surface area contributed by atoms with Crippen molar-refractivity contribution in [1.29, 1.82) is 0 Å². The van der Waals surface area contributed by atoms with Crippen LogP contribution in [0.4, 0.5) is 0 Å². The number of benzene rings is 1. The van der Waals surface area contributed by atoms with Gasteiger partial charge in [0.2, 0.25) is 5.91 Å². The molecular weight excluding hydrogens is 230 g/mol. The molecule has 1 heterocycles. The highest BCUT2D eigenvalue weighted by molar-refractivity contribution is 5.97. The van der Waals surface area contributed by atoms with Crippen LogP contribution in [0.25, 0.3) is 11.0 Å². The van der Waals surface area contributed by atoms with Crippen molar-refractivity contribution in [3.63, 3.8) is 0 Å². The van der Waals surface area contributed by atoms with Crippen molar-refractivity contribution in [3.05, 3.63) is 29.6 Å². The zero-order chi connectivity index (χ0) is 13.4. The Kier molecular flexibility index (Phi) is 2.90. The van der Waals surface area contributed by atoms with E-state index in [0.717, 1.165) is 5.52 Å². The van der Waals surface area contributed by atoms with Gasteiger partial charge in [0, 0.05) is 5.56 Å². The van der Waals surface area contributed by atoms with E-state index < -0.39 is 11.9 Å². The number of aryl methyl sites for hydroxylation is 1. The number of ketones is 1. The SMILES string of the molecule is CC(=O)c1ccc2c(c1)nc(C)n2C(C)C(N)=O. The van der Waals surface area contributed by atoms with Crippen LogP contribution in [0.15, 0.2) is 18.2 Å². The molecule has 0 saturated carbocycles.